The molecular formula is C12H12N2O. The summed E-state index contributed by atoms with van der Waals surface area (Å²) in [6.07, 6.45) is 3.85. The molecule has 1 fully saturated rings. The molecule has 1 aliphatic carbocycles. The van der Waals surface area contributed by atoms with Gasteiger partial charge in [-0.25, -0.2) is 4.98 Å². The molecule has 3 nitrogen and oxygen atoms in total. The fraction of sp³-hybridized carbons (Fsp3) is 0.333. The van der Waals surface area contributed by atoms with Crippen LogP contribution in [-0.4, -0.2) is 21.7 Å². The summed E-state index contributed by atoms with van der Waals surface area (Å²) in [5, 5.41) is 9.31. The van der Waals surface area contributed by atoms with Crippen LogP contribution in [0.25, 0.3) is 11.0 Å². The predicted molar refractivity (Wildman–Crippen MR) is 57.5 cm³/mol. The number of hydrogen-bond donors (Lipinski definition) is 1. The van der Waals surface area contributed by atoms with Gasteiger partial charge in [0.15, 0.2) is 0 Å². The van der Waals surface area contributed by atoms with Crippen LogP contribution in [-0.2, 0) is 5.41 Å². The van der Waals surface area contributed by atoms with Gasteiger partial charge in [0.25, 0.3) is 0 Å². The summed E-state index contributed by atoms with van der Waals surface area (Å²) in [6.45, 7) is 0.181. The van der Waals surface area contributed by atoms with E-state index in [0.29, 0.717) is 0 Å². The van der Waals surface area contributed by atoms with E-state index in [1.165, 1.54) is 0 Å². The quantitative estimate of drug-likeness (QED) is 0.801. The van der Waals surface area contributed by atoms with E-state index in [0.717, 1.165) is 29.6 Å². The molecule has 1 aromatic carbocycles. The Bertz CT molecular complexity index is 506. The van der Waals surface area contributed by atoms with Crippen molar-refractivity contribution in [3.05, 3.63) is 36.2 Å². The lowest BCUT2D eigenvalue weighted by atomic mass is 10.0. The molecule has 3 heteroatoms. The molecule has 0 saturated heterocycles. The standard InChI is InChI=1S/C12H12N2O/c15-8-12(5-6-12)11-7-13-9-3-1-2-4-10(9)14-11/h1-4,7,15H,5-6,8H2. The molecule has 1 saturated carbocycles. The van der Waals surface area contributed by atoms with E-state index in [9.17, 15) is 5.11 Å². The lowest BCUT2D eigenvalue weighted by Gasteiger charge is -2.10. The first-order valence-corrected chi connectivity index (χ1v) is 5.17. The number of aliphatic hydroxyl groups is 1. The second kappa shape index (κ2) is 3.00. The minimum absolute atomic E-state index is 0.0863. The van der Waals surface area contributed by atoms with Crippen LogP contribution >= 0.6 is 0 Å². The monoisotopic (exact) mass is 200 g/mol. The van der Waals surface area contributed by atoms with Crippen LogP contribution in [0.4, 0.5) is 0 Å². The summed E-state index contributed by atoms with van der Waals surface area (Å²) in [7, 11) is 0. The maximum Gasteiger partial charge on any atom is 0.0890 e. The van der Waals surface area contributed by atoms with E-state index in [1.54, 1.807) is 6.20 Å². The molecule has 0 unspecified atom stereocenters. The summed E-state index contributed by atoms with van der Waals surface area (Å²) in [4.78, 5) is 8.92. The third-order valence-electron chi connectivity index (χ3n) is 3.15. The molecule has 0 bridgehead atoms. The van der Waals surface area contributed by atoms with Crippen LogP contribution < -0.4 is 0 Å². The smallest absolute Gasteiger partial charge is 0.0890 e. The van der Waals surface area contributed by atoms with Gasteiger partial charge in [0.1, 0.15) is 0 Å². The van der Waals surface area contributed by atoms with E-state index >= 15 is 0 Å². The van der Waals surface area contributed by atoms with Gasteiger partial charge in [-0.05, 0) is 25.0 Å². The first-order valence-electron chi connectivity index (χ1n) is 5.17. The molecule has 0 aliphatic heterocycles. The Balaban J connectivity index is 2.14. The number of aromatic nitrogens is 2. The van der Waals surface area contributed by atoms with E-state index in [2.05, 4.69) is 9.97 Å². The van der Waals surface area contributed by atoms with Gasteiger partial charge < -0.3 is 5.11 Å². The lowest BCUT2D eigenvalue weighted by Crippen LogP contribution is -2.14. The van der Waals surface area contributed by atoms with E-state index in [4.69, 9.17) is 0 Å². The Morgan fingerprint density at radius 1 is 1.20 bits per heavy atom. The van der Waals surface area contributed by atoms with Crippen LogP contribution in [0.5, 0.6) is 0 Å². The van der Waals surface area contributed by atoms with Crippen LogP contribution in [0.3, 0.4) is 0 Å². The molecular weight excluding hydrogens is 188 g/mol. The van der Waals surface area contributed by atoms with Gasteiger partial charge in [0, 0.05) is 11.6 Å². The highest BCUT2D eigenvalue weighted by Gasteiger charge is 2.45. The summed E-state index contributed by atoms with van der Waals surface area (Å²) >= 11 is 0. The number of benzene rings is 1. The first-order chi connectivity index (χ1) is 7.34. The van der Waals surface area contributed by atoms with Gasteiger partial charge in [-0.3, -0.25) is 4.98 Å². The van der Waals surface area contributed by atoms with Crippen LogP contribution in [0.15, 0.2) is 30.5 Å². The number of aliphatic hydroxyl groups excluding tert-OH is 1. The average Bonchev–Trinajstić information content (AvgIpc) is 3.09. The Kier molecular flexibility index (Phi) is 1.76. The highest BCUT2D eigenvalue weighted by Crippen LogP contribution is 2.46. The van der Waals surface area contributed by atoms with Crippen molar-refractivity contribution in [2.45, 2.75) is 18.3 Å². The van der Waals surface area contributed by atoms with Crippen LogP contribution in [0.2, 0.25) is 0 Å². The van der Waals surface area contributed by atoms with Crippen molar-refractivity contribution in [1.29, 1.82) is 0 Å². The van der Waals surface area contributed by atoms with Crippen molar-refractivity contribution in [2.24, 2.45) is 0 Å². The SMILES string of the molecule is OCC1(c2cnc3ccccc3n2)CC1. The second-order valence-electron chi connectivity index (χ2n) is 4.18. The number of nitrogens with zero attached hydrogens (tertiary/aromatic N) is 2. The zero-order chi connectivity index (χ0) is 10.3. The largest absolute Gasteiger partial charge is 0.395 e. The fourth-order valence-corrected chi connectivity index (χ4v) is 1.86. The second-order valence-corrected chi connectivity index (χ2v) is 4.18. The molecule has 0 amide bonds. The van der Waals surface area contributed by atoms with E-state index in [-0.39, 0.29) is 12.0 Å². The molecule has 0 atom stereocenters. The highest BCUT2D eigenvalue weighted by atomic mass is 16.3. The van der Waals surface area contributed by atoms with Gasteiger partial charge in [0.2, 0.25) is 0 Å². The Morgan fingerprint density at radius 3 is 2.60 bits per heavy atom. The molecule has 0 spiro atoms. The molecule has 2 aromatic rings. The molecule has 0 radical (unpaired) electrons. The minimum Gasteiger partial charge on any atom is -0.395 e. The normalized spacial score (nSPS) is 17.9. The number of fused-ring (bicyclic) bond motifs is 1. The van der Waals surface area contributed by atoms with Crippen molar-refractivity contribution < 1.29 is 5.11 Å². The summed E-state index contributed by atoms with van der Waals surface area (Å²) in [6, 6.07) is 7.82. The maximum absolute atomic E-state index is 9.31. The molecule has 1 N–H and O–H groups in total. The maximum atomic E-state index is 9.31. The predicted octanol–water partition coefficient (Wildman–Crippen LogP) is 1.65. The van der Waals surface area contributed by atoms with Crippen LogP contribution in [0.1, 0.15) is 18.5 Å². The Labute approximate surface area is 87.8 Å². The Morgan fingerprint density at radius 2 is 1.93 bits per heavy atom. The molecule has 1 aromatic heterocycles. The third kappa shape index (κ3) is 1.31. The van der Waals surface area contributed by atoms with E-state index < -0.39 is 0 Å². The zero-order valence-electron chi connectivity index (χ0n) is 8.35. The van der Waals surface area contributed by atoms with Crippen molar-refractivity contribution in [3.8, 4) is 0 Å². The van der Waals surface area contributed by atoms with Crippen molar-refractivity contribution >= 4 is 11.0 Å². The van der Waals surface area contributed by atoms with Crippen molar-refractivity contribution in [2.75, 3.05) is 6.61 Å². The van der Waals surface area contributed by atoms with Crippen LogP contribution in [0, 0.1) is 0 Å². The lowest BCUT2D eigenvalue weighted by molar-refractivity contribution is 0.252. The van der Waals surface area contributed by atoms with Gasteiger partial charge >= 0.3 is 0 Å². The van der Waals surface area contributed by atoms with Gasteiger partial charge in [-0.2, -0.15) is 0 Å². The van der Waals surface area contributed by atoms with Gasteiger partial charge in [-0.15, -0.1) is 0 Å². The topological polar surface area (TPSA) is 46.0 Å². The summed E-state index contributed by atoms with van der Waals surface area (Å²) in [5.41, 5.74) is 2.67. The van der Waals surface area contributed by atoms with Gasteiger partial charge in [-0.1, -0.05) is 12.1 Å². The van der Waals surface area contributed by atoms with Gasteiger partial charge in [0.05, 0.1) is 23.3 Å². The average molecular weight is 200 g/mol. The molecule has 3 rings (SSSR count). The molecule has 15 heavy (non-hydrogen) atoms. The molecule has 1 heterocycles. The molecule has 1 aliphatic rings. The number of rotatable bonds is 2. The summed E-state index contributed by atoms with van der Waals surface area (Å²) in [5.74, 6) is 0. The first kappa shape index (κ1) is 8.80. The Hall–Kier alpha value is -1.48. The highest BCUT2D eigenvalue weighted by molar-refractivity contribution is 5.73. The minimum atomic E-state index is -0.0863. The number of hydrogen-bond acceptors (Lipinski definition) is 3. The zero-order valence-corrected chi connectivity index (χ0v) is 8.35. The summed E-state index contributed by atoms with van der Waals surface area (Å²) < 4.78 is 0. The number of para-hydroxylation sites is 2. The van der Waals surface area contributed by atoms with E-state index in [1.807, 2.05) is 24.3 Å². The van der Waals surface area contributed by atoms with Crippen molar-refractivity contribution in [1.82, 2.24) is 9.97 Å². The third-order valence-corrected chi connectivity index (χ3v) is 3.15. The fourth-order valence-electron chi connectivity index (χ4n) is 1.86. The van der Waals surface area contributed by atoms with Crippen molar-refractivity contribution in [3.63, 3.8) is 0 Å². The molecule has 76 valence electrons.